The summed E-state index contributed by atoms with van der Waals surface area (Å²) in [5.74, 6) is 0. The Kier molecular flexibility index (Phi) is 4.75. The molecule has 108 valence electrons. The van der Waals surface area contributed by atoms with E-state index in [0.717, 1.165) is 6.42 Å². The third-order valence-corrected chi connectivity index (χ3v) is 3.13. The van der Waals surface area contributed by atoms with Gasteiger partial charge in [0.25, 0.3) is 0 Å². The maximum Gasteiger partial charge on any atom is 0.409 e. The number of hydrogen-bond donors (Lipinski definition) is 1. The second-order valence-corrected chi connectivity index (χ2v) is 4.47. The molecule has 0 unspecified atom stereocenters. The van der Waals surface area contributed by atoms with Crippen LogP contribution in [0.4, 0.5) is 15.3 Å². The van der Waals surface area contributed by atoms with Gasteiger partial charge in [0.15, 0.2) is 0 Å². The van der Waals surface area contributed by atoms with E-state index in [1.165, 1.54) is 7.11 Å². The number of carbonyl (C=O) groups is 2. The van der Waals surface area contributed by atoms with Gasteiger partial charge in [-0.15, -0.1) is 0 Å². The molecule has 1 aromatic rings. The summed E-state index contributed by atoms with van der Waals surface area (Å²) in [5, 5.41) is 2.79. The third-order valence-electron chi connectivity index (χ3n) is 3.13. The maximum absolute atomic E-state index is 12.1. The molecular formula is C13H18N4O3. The number of hydrogen-bond acceptors (Lipinski definition) is 4. The van der Waals surface area contributed by atoms with Gasteiger partial charge < -0.3 is 19.9 Å². The lowest BCUT2D eigenvalue weighted by Crippen LogP contribution is -2.39. The summed E-state index contributed by atoms with van der Waals surface area (Å²) in [7, 11) is 1.36. The Morgan fingerprint density at radius 3 is 2.70 bits per heavy atom. The van der Waals surface area contributed by atoms with Crippen molar-refractivity contribution in [3.8, 4) is 0 Å². The third kappa shape index (κ3) is 3.59. The Morgan fingerprint density at radius 1 is 1.25 bits per heavy atom. The van der Waals surface area contributed by atoms with E-state index in [2.05, 4.69) is 10.3 Å². The Morgan fingerprint density at radius 2 is 2.00 bits per heavy atom. The molecule has 0 bridgehead atoms. The molecule has 0 spiro atoms. The number of nitrogens with zero attached hydrogens (tertiary/aromatic N) is 3. The zero-order chi connectivity index (χ0) is 14.4. The molecule has 1 saturated heterocycles. The van der Waals surface area contributed by atoms with Crippen LogP contribution in [0.3, 0.4) is 0 Å². The quantitative estimate of drug-likeness (QED) is 0.842. The van der Waals surface area contributed by atoms with Crippen LogP contribution in [0.2, 0.25) is 0 Å². The number of nitrogens with one attached hydrogen (secondary N) is 1. The Hall–Kier alpha value is -2.31. The van der Waals surface area contributed by atoms with Gasteiger partial charge in [-0.05, 0) is 18.6 Å². The van der Waals surface area contributed by atoms with E-state index in [4.69, 9.17) is 4.74 Å². The van der Waals surface area contributed by atoms with Crippen molar-refractivity contribution in [2.45, 2.75) is 6.42 Å². The van der Waals surface area contributed by atoms with Crippen molar-refractivity contribution in [2.24, 2.45) is 0 Å². The fourth-order valence-corrected chi connectivity index (χ4v) is 2.07. The highest BCUT2D eigenvalue weighted by Gasteiger charge is 2.22. The SMILES string of the molecule is COC(=O)N1CCCN(C(=O)Nc2cccnc2)CC1. The molecule has 7 heteroatoms. The molecule has 2 rings (SSSR count). The predicted molar refractivity (Wildman–Crippen MR) is 73.4 cm³/mol. The standard InChI is InChI=1S/C13H18N4O3/c1-20-13(19)17-7-3-6-16(8-9-17)12(18)15-11-4-2-5-14-10-11/h2,4-5,10H,3,6-9H2,1H3,(H,15,18). The fourth-order valence-electron chi connectivity index (χ4n) is 2.07. The van der Waals surface area contributed by atoms with Gasteiger partial charge in [0, 0.05) is 32.4 Å². The van der Waals surface area contributed by atoms with Gasteiger partial charge in [-0.2, -0.15) is 0 Å². The fraction of sp³-hybridized carbons (Fsp3) is 0.462. The zero-order valence-electron chi connectivity index (χ0n) is 11.4. The molecule has 1 aliphatic rings. The smallest absolute Gasteiger partial charge is 0.409 e. The molecule has 1 fully saturated rings. The summed E-state index contributed by atoms with van der Waals surface area (Å²) in [5.41, 5.74) is 0.659. The number of ether oxygens (including phenoxy) is 1. The van der Waals surface area contributed by atoms with Crippen LogP contribution in [0.25, 0.3) is 0 Å². The first kappa shape index (κ1) is 14.1. The van der Waals surface area contributed by atoms with E-state index in [1.54, 1.807) is 34.3 Å². The molecule has 1 aliphatic heterocycles. The van der Waals surface area contributed by atoms with Crippen molar-refractivity contribution >= 4 is 17.8 Å². The summed E-state index contributed by atoms with van der Waals surface area (Å²) in [4.78, 5) is 30.8. The molecule has 0 aromatic carbocycles. The number of aromatic nitrogens is 1. The lowest BCUT2D eigenvalue weighted by Gasteiger charge is -2.21. The minimum atomic E-state index is -0.348. The van der Waals surface area contributed by atoms with Crippen LogP contribution < -0.4 is 5.32 Å². The summed E-state index contributed by atoms with van der Waals surface area (Å²) in [6.45, 7) is 2.18. The van der Waals surface area contributed by atoms with Crippen molar-refractivity contribution in [3.63, 3.8) is 0 Å². The molecule has 20 heavy (non-hydrogen) atoms. The maximum atomic E-state index is 12.1. The number of pyridine rings is 1. The second kappa shape index (κ2) is 6.74. The van der Waals surface area contributed by atoms with Gasteiger partial charge >= 0.3 is 12.1 Å². The first-order valence-corrected chi connectivity index (χ1v) is 6.49. The van der Waals surface area contributed by atoms with E-state index < -0.39 is 0 Å². The van der Waals surface area contributed by atoms with Gasteiger partial charge in [-0.3, -0.25) is 4.98 Å². The highest BCUT2D eigenvalue weighted by molar-refractivity contribution is 5.89. The summed E-state index contributed by atoms with van der Waals surface area (Å²) < 4.78 is 4.70. The van der Waals surface area contributed by atoms with E-state index in [-0.39, 0.29) is 12.1 Å². The summed E-state index contributed by atoms with van der Waals surface area (Å²) in [6, 6.07) is 3.37. The minimum Gasteiger partial charge on any atom is -0.453 e. The molecule has 1 N–H and O–H groups in total. The van der Waals surface area contributed by atoms with E-state index in [1.807, 2.05) is 0 Å². The molecule has 0 atom stereocenters. The molecule has 0 saturated carbocycles. The van der Waals surface area contributed by atoms with Crippen molar-refractivity contribution < 1.29 is 14.3 Å². The number of urea groups is 1. The largest absolute Gasteiger partial charge is 0.453 e. The summed E-state index contributed by atoms with van der Waals surface area (Å²) >= 11 is 0. The zero-order valence-corrected chi connectivity index (χ0v) is 11.4. The molecule has 0 aliphatic carbocycles. The lowest BCUT2D eigenvalue weighted by atomic mass is 10.4. The number of amides is 3. The molecule has 7 nitrogen and oxygen atoms in total. The van der Waals surface area contributed by atoms with Crippen LogP contribution in [-0.4, -0.2) is 60.2 Å². The molecule has 2 heterocycles. The van der Waals surface area contributed by atoms with Crippen LogP contribution in [0, 0.1) is 0 Å². The number of rotatable bonds is 1. The monoisotopic (exact) mass is 278 g/mol. The molecule has 0 radical (unpaired) electrons. The average Bonchev–Trinajstić information content (AvgIpc) is 2.73. The first-order chi connectivity index (χ1) is 9.70. The van der Waals surface area contributed by atoms with Crippen LogP contribution in [0.1, 0.15) is 6.42 Å². The van der Waals surface area contributed by atoms with E-state index in [0.29, 0.717) is 31.9 Å². The molecule has 1 aromatic heterocycles. The van der Waals surface area contributed by atoms with Crippen molar-refractivity contribution in [3.05, 3.63) is 24.5 Å². The Labute approximate surface area is 117 Å². The van der Waals surface area contributed by atoms with Crippen LogP contribution >= 0.6 is 0 Å². The van der Waals surface area contributed by atoms with E-state index >= 15 is 0 Å². The van der Waals surface area contributed by atoms with Gasteiger partial charge in [0.2, 0.25) is 0 Å². The number of carbonyl (C=O) groups excluding carboxylic acids is 2. The number of methoxy groups -OCH3 is 1. The predicted octanol–water partition coefficient (Wildman–Crippen LogP) is 1.39. The second-order valence-electron chi connectivity index (χ2n) is 4.47. The molecule has 3 amide bonds. The minimum absolute atomic E-state index is 0.176. The first-order valence-electron chi connectivity index (χ1n) is 6.49. The highest BCUT2D eigenvalue weighted by atomic mass is 16.5. The Balaban J connectivity index is 1.90. The van der Waals surface area contributed by atoms with Crippen molar-refractivity contribution in [2.75, 3.05) is 38.6 Å². The van der Waals surface area contributed by atoms with Crippen LogP contribution in [0.15, 0.2) is 24.5 Å². The van der Waals surface area contributed by atoms with Gasteiger partial charge in [-0.25, -0.2) is 9.59 Å². The van der Waals surface area contributed by atoms with Crippen molar-refractivity contribution in [1.29, 1.82) is 0 Å². The van der Waals surface area contributed by atoms with Crippen LogP contribution in [0.5, 0.6) is 0 Å². The summed E-state index contributed by atoms with van der Waals surface area (Å²) in [6.07, 6.45) is 3.63. The van der Waals surface area contributed by atoms with Gasteiger partial charge in [0.05, 0.1) is 19.0 Å². The highest BCUT2D eigenvalue weighted by Crippen LogP contribution is 2.08. The van der Waals surface area contributed by atoms with E-state index in [9.17, 15) is 9.59 Å². The van der Waals surface area contributed by atoms with Gasteiger partial charge in [-0.1, -0.05) is 0 Å². The topological polar surface area (TPSA) is 74.8 Å². The number of anilines is 1. The normalized spacial score (nSPS) is 15.4. The average molecular weight is 278 g/mol. The molecular weight excluding hydrogens is 260 g/mol. The lowest BCUT2D eigenvalue weighted by molar-refractivity contribution is 0.125. The Bertz CT molecular complexity index is 466. The van der Waals surface area contributed by atoms with Crippen molar-refractivity contribution in [1.82, 2.24) is 14.8 Å². The van der Waals surface area contributed by atoms with Crippen LogP contribution in [-0.2, 0) is 4.74 Å². The van der Waals surface area contributed by atoms with Gasteiger partial charge in [0.1, 0.15) is 0 Å².